The summed E-state index contributed by atoms with van der Waals surface area (Å²) in [5.74, 6) is 0. The summed E-state index contributed by atoms with van der Waals surface area (Å²) in [4.78, 5) is 2.35. The van der Waals surface area contributed by atoms with E-state index >= 15 is 0 Å². The maximum absolute atomic E-state index is 4.36. The predicted octanol–water partition coefficient (Wildman–Crippen LogP) is 12.0. The molecule has 0 saturated heterocycles. The van der Waals surface area contributed by atoms with Gasteiger partial charge in [-0.25, -0.2) is 0 Å². The van der Waals surface area contributed by atoms with Gasteiger partial charge in [0.2, 0.25) is 0 Å². The molecule has 0 fully saturated rings. The minimum Gasteiger partial charge on any atom is -0.309 e. The first-order valence-electron chi connectivity index (χ1n) is 15.3. The van der Waals surface area contributed by atoms with Crippen LogP contribution in [-0.4, -0.2) is 0 Å². The largest absolute Gasteiger partial charge is 0.309 e. The SMILES string of the molecule is C=C/C=C(\C=C)N(c1cc2c(c(C=C)c1C=C)-c1ccc(C)cc1C2(CC)CC)c1cccc(C)c1-c1ccccc1C. The smallest absolute Gasteiger partial charge is 0.0543 e. The zero-order chi connectivity index (χ0) is 30.9. The second-order valence-electron chi connectivity index (χ2n) is 11.5. The molecule has 0 heterocycles. The molecular formula is C42H43N. The van der Waals surface area contributed by atoms with Gasteiger partial charge in [-0.05, 0) is 102 Å². The summed E-state index contributed by atoms with van der Waals surface area (Å²) in [7, 11) is 0. The molecular weight excluding hydrogens is 518 g/mol. The van der Waals surface area contributed by atoms with Crippen LogP contribution in [0.3, 0.4) is 0 Å². The minimum atomic E-state index is -0.101. The Morgan fingerprint density at radius 3 is 2.02 bits per heavy atom. The van der Waals surface area contributed by atoms with E-state index < -0.39 is 0 Å². The first-order valence-corrected chi connectivity index (χ1v) is 15.3. The summed E-state index contributed by atoms with van der Waals surface area (Å²) in [6.45, 7) is 28.2. The lowest BCUT2D eigenvalue weighted by molar-refractivity contribution is 0.490. The molecule has 0 saturated carbocycles. The van der Waals surface area contributed by atoms with Crippen LogP contribution < -0.4 is 4.90 Å². The minimum absolute atomic E-state index is 0.101. The summed E-state index contributed by atoms with van der Waals surface area (Å²) in [5.41, 5.74) is 16.7. The van der Waals surface area contributed by atoms with Crippen molar-refractivity contribution in [2.75, 3.05) is 4.90 Å². The Morgan fingerprint density at radius 2 is 1.40 bits per heavy atom. The van der Waals surface area contributed by atoms with Crippen LogP contribution in [0.15, 0.2) is 117 Å². The highest BCUT2D eigenvalue weighted by molar-refractivity contribution is 5.97. The van der Waals surface area contributed by atoms with Crippen LogP contribution in [0.4, 0.5) is 11.4 Å². The van der Waals surface area contributed by atoms with E-state index in [0.717, 1.165) is 41.0 Å². The summed E-state index contributed by atoms with van der Waals surface area (Å²) in [6.07, 6.45) is 11.8. The number of hydrogen-bond acceptors (Lipinski definition) is 1. The number of anilines is 2. The van der Waals surface area contributed by atoms with Gasteiger partial charge in [0.1, 0.15) is 0 Å². The molecule has 0 aliphatic heterocycles. The van der Waals surface area contributed by atoms with Crippen molar-refractivity contribution in [2.45, 2.75) is 52.9 Å². The molecule has 0 amide bonds. The molecule has 0 N–H and O–H groups in total. The van der Waals surface area contributed by atoms with Gasteiger partial charge in [-0.1, -0.05) is 119 Å². The maximum atomic E-state index is 4.36. The van der Waals surface area contributed by atoms with Gasteiger partial charge in [0, 0.05) is 22.2 Å². The molecule has 0 spiro atoms. The number of aryl methyl sites for hydroxylation is 3. The Kier molecular flexibility index (Phi) is 8.29. The zero-order valence-electron chi connectivity index (χ0n) is 26.4. The van der Waals surface area contributed by atoms with Crippen LogP contribution in [0.5, 0.6) is 0 Å². The predicted molar refractivity (Wildman–Crippen MR) is 190 cm³/mol. The first kappa shape index (κ1) is 29.9. The molecule has 5 rings (SSSR count). The third-order valence-electron chi connectivity index (χ3n) is 9.38. The Bertz CT molecular complexity index is 1790. The second-order valence-corrected chi connectivity index (χ2v) is 11.5. The van der Waals surface area contributed by atoms with Gasteiger partial charge in [-0.2, -0.15) is 0 Å². The molecule has 43 heavy (non-hydrogen) atoms. The van der Waals surface area contributed by atoms with Gasteiger partial charge in [0.15, 0.2) is 0 Å². The van der Waals surface area contributed by atoms with E-state index in [0.29, 0.717) is 0 Å². The Morgan fingerprint density at radius 1 is 0.698 bits per heavy atom. The highest BCUT2D eigenvalue weighted by Gasteiger charge is 2.43. The summed E-state index contributed by atoms with van der Waals surface area (Å²) < 4.78 is 0. The zero-order valence-corrected chi connectivity index (χ0v) is 26.4. The third-order valence-corrected chi connectivity index (χ3v) is 9.38. The number of allylic oxidation sites excluding steroid dienone is 3. The number of benzene rings is 4. The molecule has 4 aromatic carbocycles. The van der Waals surface area contributed by atoms with Gasteiger partial charge >= 0.3 is 0 Å². The monoisotopic (exact) mass is 561 g/mol. The van der Waals surface area contributed by atoms with Gasteiger partial charge in [-0.3, -0.25) is 0 Å². The Labute approximate surface area is 258 Å². The standard InChI is InChI=1S/C42H43N/c1-10-19-31(11-2)43(38-23-18-21-30(9)40(38)34-22-17-16-20-29(34)8)39-27-37-41(33(13-4)32(39)12-3)35-25-24-28(7)26-36(35)42(37,14-5)15-6/h10-13,16-27H,1-4,14-15H2,5-9H3/b31-19+. The molecule has 1 aliphatic rings. The van der Waals surface area contributed by atoms with E-state index in [1.807, 2.05) is 30.4 Å². The van der Waals surface area contributed by atoms with E-state index in [1.165, 1.54) is 50.1 Å². The lowest BCUT2D eigenvalue weighted by Gasteiger charge is -2.35. The highest BCUT2D eigenvalue weighted by Crippen LogP contribution is 2.57. The fraction of sp³-hybridized carbons (Fsp3) is 0.190. The number of fused-ring (bicyclic) bond motifs is 3. The molecule has 1 nitrogen and oxygen atoms in total. The van der Waals surface area contributed by atoms with Crippen LogP contribution in [0, 0.1) is 20.8 Å². The van der Waals surface area contributed by atoms with Crippen molar-refractivity contribution in [1.82, 2.24) is 0 Å². The van der Waals surface area contributed by atoms with E-state index in [2.05, 4.69) is 133 Å². The fourth-order valence-corrected chi connectivity index (χ4v) is 7.22. The molecule has 1 aliphatic carbocycles. The summed E-state index contributed by atoms with van der Waals surface area (Å²) in [6, 6.07) is 24.5. The average Bonchev–Trinajstić information content (AvgIpc) is 3.29. The lowest BCUT2D eigenvalue weighted by atomic mass is 9.73. The van der Waals surface area contributed by atoms with Crippen molar-refractivity contribution in [1.29, 1.82) is 0 Å². The molecule has 1 heteroatoms. The van der Waals surface area contributed by atoms with E-state index in [9.17, 15) is 0 Å². The van der Waals surface area contributed by atoms with Gasteiger partial charge in [0.05, 0.1) is 11.4 Å². The average molecular weight is 562 g/mol. The molecule has 0 unspecified atom stereocenters. The normalized spacial score (nSPS) is 13.2. The number of nitrogens with zero attached hydrogens (tertiary/aromatic N) is 1. The van der Waals surface area contributed by atoms with Gasteiger partial charge in [0.25, 0.3) is 0 Å². The van der Waals surface area contributed by atoms with E-state index in [4.69, 9.17) is 0 Å². The van der Waals surface area contributed by atoms with Crippen molar-refractivity contribution in [3.8, 4) is 22.3 Å². The third kappa shape index (κ3) is 4.64. The van der Waals surface area contributed by atoms with Crippen molar-refractivity contribution in [2.24, 2.45) is 0 Å². The van der Waals surface area contributed by atoms with Crippen molar-refractivity contribution >= 4 is 23.5 Å². The molecule has 0 bridgehead atoms. The molecule has 4 aromatic rings. The quantitative estimate of drug-likeness (QED) is 0.174. The van der Waals surface area contributed by atoms with Crippen LogP contribution >= 0.6 is 0 Å². The fourth-order valence-electron chi connectivity index (χ4n) is 7.22. The summed E-state index contributed by atoms with van der Waals surface area (Å²) >= 11 is 0. The van der Waals surface area contributed by atoms with Gasteiger partial charge in [-0.15, -0.1) is 0 Å². The van der Waals surface area contributed by atoms with Crippen LogP contribution in [0.2, 0.25) is 0 Å². The van der Waals surface area contributed by atoms with E-state index in [1.54, 1.807) is 0 Å². The van der Waals surface area contributed by atoms with Crippen molar-refractivity contribution in [3.05, 3.63) is 156 Å². The molecule has 0 radical (unpaired) electrons. The van der Waals surface area contributed by atoms with Crippen LogP contribution in [0.25, 0.3) is 34.4 Å². The van der Waals surface area contributed by atoms with Crippen molar-refractivity contribution in [3.63, 3.8) is 0 Å². The van der Waals surface area contributed by atoms with Crippen molar-refractivity contribution < 1.29 is 0 Å². The first-order chi connectivity index (χ1) is 20.8. The van der Waals surface area contributed by atoms with Crippen LogP contribution in [0.1, 0.15) is 65.6 Å². The maximum Gasteiger partial charge on any atom is 0.0543 e. The highest BCUT2D eigenvalue weighted by atomic mass is 15.2. The number of rotatable bonds is 10. The molecule has 0 atom stereocenters. The molecule has 216 valence electrons. The van der Waals surface area contributed by atoms with Gasteiger partial charge < -0.3 is 4.90 Å². The lowest BCUT2D eigenvalue weighted by Crippen LogP contribution is -2.25. The Hall–Kier alpha value is -4.62. The van der Waals surface area contributed by atoms with Crippen LogP contribution in [-0.2, 0) is 5.41 Å². The summed E-state index contributed by atoms with van der Waals surface area (Å²) in [5, 5.41) is 0. The second kappa shape index (κ2) is 11.9. The van der Waals surface area contributed by atoms with E-state index in [-0.39, 0.29) is 5.41 Å². The topological polar surface area (TPSA) is 3.24 Å². The number of hydrogen-bond donors (Lipinski definition) is 0. The molecule has 0 aromatic heterocycles. The Balaban J connectivity index is 1.96.